The number of benzene rings is 1. The summed E-state index contributed by atoms with van der Waals surface area (Å²) < 4.78 is 1.16. The summed E-state index contributed by atoms with van der Waals surface area (Å²) in [7, 11) is 1.84. The molecule has 1 fully saturated rings. The fourth-order valence-corrected chi connectivity index (χ4v) is 3.78. The van der Waals surface area contributed by atoms with Gasteiger partial charge in [0.2, 0.25) is 5.91 Å². The number of anilines is 1. The zero-order valence-electron chi connectivity index (χ0n) is 15.0. The van der Waals surface area contributed by atoms with Gasteiger partial charge in [-0.15, -0.1) is 0 Å². The van der Waals surface area contributed by atoms with Crippen molar-refractivity contribution in [3.8, 4) is 5.69 Å². The highest BCUT2D eigenvalue weighted by atomic mass is 35.5. The number of aromatic nitrogens is 2. The van der Waals surface area contributed by atoms with Crippen LogP contribution in [0.5, 0.6) is 0 Å². The number of carbonyl (C=O) groups excluding carboxylic acids is 1. The van der Waals surface area contributed by atoms with E-state index in [2.05, 4.69) is 10.00 Å². The van der Waals surface area contributed by atoms with E-state index < -0.39 is 5.56 Å². The van der Waals surface area contributed by atoms with Crippen molar-refractivity contribution in [3.63, 3.8) is 0 Å². The summed E-state index contributed by atoms with van der Waals surface area (Å²) in [4.78, 5) is 27.8. The summed E-state index contributed by atoms with van der Waals surface area (Å²) >= 11 is 18.2. The smallest absolute Gasteiger partial charge is 0.291 e. The van der Waals surface area contributed by atoms with Gasteiger partial charge >= 0.3 is 0 Å². The van der Waals surface area contributed by atoms with Crippen LogP contribution in [0.2, 0.25) is 15.1 Å². The van der Waals surface area contributed by atoms with Crippen LogP contribution >= 0.6 is 34.8 Å². The van der Waals surface area contributed by atoms with E-state index in [9.17, 15) is 9.59 Å². The van der Waals surface area contributed by atoms with Gasteiger partial charge in [0.1, 0.15) is 5.02 Å². The third-order valence-corrected chi connectivity index (χ3v) is 5.95. The maximum Gasteiger partial charge on any atom is 0.291 e. The Morgan fingerprint density at radius 1 is 1.19 bits per heavy atom. The largest absolute Gasteiger partial charge is 0.370 e. The lowest BCUT2D eigenvalue weighted by molar-refractivity contribution is -0.129. The first-order valence-corrected chi connectivity index (χ1v) is 9.64. The van der Waals surface area contributed by atoms with Crippen molar-refractivity contribution < 1.29 is 4.79 Å². The number of rotatable bonds is 3. The monoisotopic (exact) mass is 428 g/mol. The minimum absolute atomic E-state index is 0.0791. The molecule has 1 aromatic carbocycles. The highest BCUT2D eigenvalue weighted by Gasteiger charge is 2.25. The van der Waals surface area contributed by atoms with Crippen LogP contribution in [0.1, 0.15) is 19.8 Å². The van der Waals surface area contributed by atoms with Crippen LogP contribution in [0.15, 0.2) is 29.2 Å². The summed E-state index contributed by atoms with van der Waals surface area (Å²) in [5.41, 5.74) is 0.900. The molecule has 2 aromatic rings. The van der Waals surface area contributed by atoms with Gasteiger partial charge in [0.15, 0.2) is 0 Å². The third kappa shape index (κ3) is 4.08. The normalized spacial score (nSPS) is 15.1. The summed E-state index contributed by atoms with van der Waals surface area (Å²) in [5, 5.41) is 4.57. The van der Waals surface area contributed by atoms with Gasteiger partial charge in [-0.05, 0) is 31.0 Å². The van der Waals surface area contributed by atoms with Gasteiger partial charge in [-0.1, -0.05) is 34.8 Å². The van der Waals surface area contributed by atoms with Gasteiger partial charge in [0, 0.05) is 33.1 Å². The Hall–Kier alpha value is -1.76. The highest BCUT2D eigenvalue weighted by molar-refractivity contribution is 6.41. The molecule has 1 aromatic heterocycles. The number of nitrogens with zero attached hydrogens (tertiary/aromatic N) is 4. The molecule has 0 aliphatic carbocycles. The second kappa shape index (κ2) is 8.09. The molecule has 0 radical (unpaired) electrons. The van der Waals surface area contributed by atoms with E-state index in [-0.39, 0.29) is 22.0 Å². The molecule has 3 rings (SSSR count). The van der Waals surface area contributed by atoms with E-state index in [1.165, 1.54) is 6.20 Å². The van der Waals surface area contributed by atoms with Gasteiger partial charge in [0.05, 0.1) is 27.6 Å². The number of hydrogen-bond acceptors (Lipinski definition) is 4. The van der Waals surface area contributed by atoms with Crippen LogP contribution in [-0.4, -0.2) is 46.8 Å². The van der Waals surface area contributed by atoms with Crippen molar-refractivity contribution in [1.29, 1.82) is 0 Å². The Balaban J connectivity index is 1.80. The third-order valence-electron chi connectivity index (χ3n) is 4.90. The second-order valence-electron chi connectivity index (χ2n) is 6.51. The van der Waals surface area contributed by atoms with Crippen LogP contribution in [0.25, 0.3) is 5.69 Å². The summed E-state index contributed by atoms with van der Waals surface area (Å²) in [5.74, 6) is 0.0791. The Bertz CT molecular complexity index is 923. The van der Waals surface area contributed by atoms with Gasteiger partial charge in [-0.25, -0.2) is 0 Å². The number of halogens is 3. The fraction of sp³-hybridized carbons (Fsp3) is 0.389. The van der Waals surface area contributed by atoms with Crippen LogP contribution in [-0.2, 0) is 4.79 Å². The summed E-state index contributed by atoms with van der Waals surface area (Å²) in [6.45, 7) is 3.18. The standard InChI is InChI=1S/C18H19Cl3N4O2/c1-11(26)23(2)12-5-7-24(8-6-12)16-4-3-13(9-14(16)19)25-18(27)17(21)15(20)10-22-25/h3-4,9-10,12H,5-8H2,1-2H3. The van der Waals surface area contributed by atoms with Crippen molar-refractivity contribution >= 4 is 46.4 Å². The zero-order chi connectivity index (χ0) is 19.7. The minimum Gasteiger partial charge on any atom is -0.370 e. The zero-order valence-corrected chi connectivity index (χ0v) is 17.2. The van der Waals surface area contributed by atoms with E-state index in [4.69, 9.17) is 34.8 Å². The van der Waals surface area contributed by atoms with Crippen LogP contribution in [0.3, 0.4) is 0 Å². The van der Waals surface area contributed by atoms with E-state index in [0.29, 0.717) is 10.7 Å². The molecule has 1 amide bonds. The number of hydrogen-bond donors (Lipinski definition) is 0. The molecule has 6 nitrogen and oxygen atoms in total. The van der Waals surface area contributed by atoms with E-state index in [0.717, 1.165) is 36.3 Å². The van der Waals surface area contributed by atoms with Crippen LogP contribution in [0, 0.1) is 0 Å². The average molecular weight is 430 g/mol. The molecule has 1 saturated heterocycles. The molecule has 9 heteroatoms. The fourth-order valence-electron chi connectivity index (χ4n) is 3.23. The first kappa shape index (κ1) is 20.0. The molecular weight excluding hydrogens is 411 g/mol. The topological polar surface area (TPSA) is 58.4 Å². The Kier molecular flexibility index (Phi) is 5.99. The van der Waals surface area contributed by atoms with Crippen LogP contribution in [0.4, 0.5) is 5.69 Å². The van der Waals surface area contributed by atoms with E-state index in [1.807, 2.05) is 13.1 Å². The lowest BCUT2D eigenvalue weighted by Gasteiger charge is -2.37. The predicted octanol–water partition coefficient (Wildman–Crippen LogP) is 3.64. The van der Waals surface area contributed by atoms with Crippen molar-refractivity contribution in [1.82, 2.24) is 14.7 Å². The number of amides is 1. The number of piperidine rings is 1. The molecule has 0 N–H and O–H groups in total. The van der Waals surface area contributed by atoms with E-state index in [1.54, 1.807) is 24.0 Å². The minimum atomic E-state index is -0.499. The molecule has 1 aliphatic rings. The molecule has 1 aliphatic heterocycles. The molecule has 0 atom stereocenters. The molecule has 0 saturated carbocycles. The molecule has 0 spiro atoms. The summed E-state index contributed by atoms with van der Waals surface area (Å²) in [6.07, 6.45) is 3.08. The molecule has 144 valence electrons. The maximum absolute atomic E-state index is 12.2. The molecular formula is C18H19Cl3N4O2. The van der Waals surface area contributed by atoms with E-state index >= 15 is 0 Å². The van der Waals surface area contributed by atoms with Crippen molar-refractivity contribution in [2.75, 3.05) is 25.0 Å². The van der Waals surface area contributed by atoms with Crippen molar-refractivity contribution in [2.24, 2.45) is 0 Å². The SMILES string of the molecule is CC(=O)N(C)C1CCN(c2ccc(-n3ncc(Cl)c(Cl)c3=O)cc2Cl)CC1. The van der Waals surface area contributed by atoms with Gasteiger partial charge in [-0.3, -0.25) is 9.59 Å². The molecule has 0 unspecified atom stereocenters. The Morgan fingerprint density at radius 3 is 2.44 bits per heavy atom. The molecule has 2 heterocycles. The Labute approximate surface area is 172 Å². The quantitative estimate of drug-likeness (QED) is 0.747. The number of carbonyl (C=O) groups is 1. The maximum atomic E-state index is 12.2. The molecule has 0 bridgehead atoms. The predicted molar refractivity (Wildman–Crippen MR) is 109 cm³/mol. The van der Waals surface area contributed by atoms with Crippen LogP contribution < -0.4 is 10.5 Å². The van der Waals surface area contributed by atoms with Crippen molar-refractivity contribution in [3.05, 3.63) is 49.8 Å². The van der Waals surface area contributed by atoms with Crippen molar-refractivity contribution in [2.45, 2.75) is 25.8 Å². The molecule has 27 heavy (non-hydrogen) atoms. The first-order chi connectivity index (χ1) is 12.8. The average Bonchev–Trinajstić information content (AvgIpc) is 2.66. The summed E-state index contributed by atoms with van der Waals surface area (Å²) in [6, 6.07) is 5.57. The van der Waals surface area contributed by atoms with Gasteiger partial charge in [0.25, 0.3) is 5.56 Å². The second-order valence-corrected chi connectivity index (χ2v) is 7.70. The lowest BCUT2D eigenvalue weighted by Crippen LogP contribution is -2.45. The van der Waals surface area contributed by atoms with Gasteiger partial charge < -0.3 is 9.80 Å². The Morgan fingerprint density at radius 2 is 1.85 bits per heavy atom. The highest BCUT2D eigenvalue weighted by Crippen LogP contribution is 2.31. The lowest BCUT2D eigenvalue weighted by atomic mass is 10.0. The first-order valence-electron chi connectivity index (χ1n) is 8.51. The van der Waals surface area contributed by atoms with Gasteiger partial charge in [-0.2, -0.15) is 9.78 Å².